The third-order valence-electron chi connectivity index (χ3n) is 4.49. The molecule has 1 nitrogen and oxygen atoms in total. The Bertz CT molecular complexity index is 542. The maximum atomic E-state index is 5.92. The predicted octanol–water partition coefficient (Wildman–Crippen LogP) is 4.76. The van der Waals surface area contributed by atoms with E-state index in [0.717, 1.165) is 23.9 Å². The van der Waals surface area contributed by atoms with Gasteiger partial charge in [0.1, 0.15) is 0 Å². The summed E-state index contributed by atoms with van der Waals surface area (Å²) in [5, 5.41) is 0.822. The molecule has 0 N–H and O–H groups in total. The third-order valence-corrected chi connectivity index (χ3v) is 4.74. The molecule has 21 heavy (non-hydrogen) atoms. The lowest BCUT2D eigenvalue weighted by atomic mass is 9.89. The van der Waals surface area contributed by atoms with E-state index >= 15 is 0 Å². The first kappa shape index (κ1) is 14.6. The van der Waals surface area contributed by atoms with Gasteiger partial charge in [-0.15, -0.1) is 0 Å². The molecular formula is C19H22ClN. The van der Waals surface area contributed by atoms with Crippen molar-refractivity contribution in [1.29, 1.82) is 0 Å². The van der Waals surface area contributed by atoms with E-state index in [-0.39, 0.29) is 0 Å². The Hall–Kier alpha value is -1.31. The van der Waals surface area contributed by atoms with Crippen LogP contribution in [0.15, 0.2) is 54.6 Å². The Morgan fingerprint density at radius 1 is 0.905 bits per heavy atom. The summed E-state index contributed by atoms with van der Waals surface area (Å²) in [6.07, 6.45) is 3.68. The van der Waals surface area contributed by atoms with Crippen LogP contribution in [0, 0.1) is 0 Å². The van der Waals surface area contributed by atoms with Gasteiger partial charge in [0.25, 0.3) is 0 Å². The molecule has 2 aromatic rings. The summed E-state index contributed by atoms with van der Waals surface area (Å²) in [5.74, 6) is 0.748. The maximum absolute atomic E-state index is 5.92. The number of nitrogens with zero attached hydrogens (tertiary/aromatic N) is 1. The van der Waals surface area contributed by atoms with Crippen LogP contribution in [-0.4, -0.2) is 24.5 Å². The van der Waals surface area contributed by atoms with Gasteiger partial charge in [-0.2, -0.15) is 0 Å². The molecule has 1 aliphatic heterocycles. The Labute approximate surface area is 132 Å². The number of likely N-dealkylation sites (tertiary alicyclic amines) is 1. The van der Waals surface area contributed by atoms with Crippen molar-refractivity contribution in [2.45, 2.75) is 25.2 Å². The molecule has 3 rings (SSSR count). The molecule has 1 saturated heterocycles. The lowest BCUT2D eigenvalue weighted by Crippen LogP contribution is -2.34. The van der Waals surface area contributed by atoms with Crippen LogP contribution < -0.4 is 0 Å². The first-order valence-corrected chi connectivity index (χ1v) is 8.21. The highest BCUT2D eigenvalue weighted by Crippen LogP contribution is 2.27. The molecule has 0 unspecified atom stereocenters. The van der Waals surface area contributed by atoms with Crippen molar-refractivity contribution in [2.75, 3.05) is 19.6 Å². The van der Waals surface area contributed by atoms with Crippen LogP contribution in [0.4, 0.5) is 0 Å². The molecule has 2 heteroatoms. The van der Waals surface area contributed by atoms with Gasteiger partial charge in [-0.3, -0.25) is 0 Å². The topological polar surface area (TPSA) is 3.24 Å². The monoisotopic (exact) mass is 299 g/mol. The number of halogens is 1. The molecule has 1 aliphatic rings. The molecule has 0 radical (unpaired) electrons. The van der Waals surface area contributed by atoms with Gasteiger partial charge < -0.3 is 4.90 Å². The van der Waals surface area contributed by atoms with Crippen molar-refractivity contribution in [3.63, 3.8) is 0 Å². The fourth-order valence-electron chi connectivity index (χ4n) is 3.15. The van der Waals surface area contributed by atoms with Crippen molar-refractivity contribution in [3.8, 4) is 0 Å². The van der Waals surface area contributed by atoms with Gasteiger partial charge >= 0.3 is 0 Å². The van der Waals surface area contributed by atoms with E-state index in [1.165, 1.54) is 37.1 Å². The summed E-state index contributed by atoms with van der Waals surface area (Å²) in [5.41, 5.74) is 2.89. The first-order valence-electron chi connectivity index (χ1n) is 7.83. The number of piperidine rings is 1. The summed E-state index contributed by atoms with van der Waals surface area (Å²) < 4.78 is 0. The molecule has 0 aromatic heterocycles. The van der Waals surface area contributed by atoms with Crippen LogP contribution in [0.2, 0.25) is 5.02 Å². The Morgan fingerprint density at radius 2 is 1.57 bits per heavy atom. The summed E-state index contributed by atoms with van der Waals surface area (Å²) in [4.78, 5) is 2.59. The average Bonchev–Trinajstić information content (AvgIpc) is 2.56. The van der Waals surface area contributed by atoms with E-state index in [1.807, 2.05) is 12.1 Å². The average molecular weight is 300 g/mol. The third kappa shape index (κ3) is 4.09. The highest BCUT2D eigenvalue weighted by atomic mass is 35.5. The lowest BCUT2D eigenvalue weighted by molar-refractivity contribution is 0.214. The van der Waals surface area contributed by atoms with Crippen LogP contribution in [-0.2, 0) is 6.42 Å². The molecule has 1 heterocycles. The highest BCUT2D eigenvalue weighted by Gasteiger charge is 2.19. The van der Waals surface area contributed by atoms with Gasteiger partial charge in [-0.1, -0.05) is 54.1 Å². The molecule has 0 saturated carbocycles. The number of rotatable bonds is 4. The Balaban J connectivity index is 1.47. The zero-order chi connectivity index (χ0) is 14.5. The smallest absolute Gasteiger partial charge is 0.0406 e. The quantitative estimate of drug-likeness (QED) is 0.786. The fourth-order valence-corrected chi connectivity index (χ4v) is 3.28. The van der Waals surface area contributed by atoms with Crippen molar-refractivity contribution < 1.29 is 0 Å². The largest absolute Gasteiger partial charge is 0.303 e. The molecule has 0 spiro atoms. The van der Waals surface area contributed by atoms with E-state index in [4.69, 9.17) is 11.6 Å². The van der Waals surface area contributed by atoms with Gasteiger partial charge in [0.15, 0.2) is 0 Å². The normalized spacial score (nSPS) is 17.0. The highest BCUT2D eigenvalue weighted by molar-refractivity contribution is 6.30. The summed E-state index contributed by atoms with van der Waals surface area (Å²) in [6.45, 7) is 3.59. The zero-order valence-corrected chi connectivity index (χ0v) is 13.1. The second-order valence-electron chi connectivity index (χ2n) is 5.90. The summed E-state index contributed by atoms with van der Waals surface area (Å²) in [6, 6.07) is 19.2. The van der Waals surface area contributed by atoms with E-state index < -0.39 is 0 Å². The molecule has 0 amide bonds. The second-order valence-corrected chi connectivity index (χ2v) is 6.34. The molecule has 110 valence electrons. The van der Waals surface area contributed by atoms with Crippen LogP contribution in [0.1, 0.15) is 29.9 Å². The number of benzene rings is 2. The molecule has 0 atom stereocenters. The lowest BCUT2D eigenvalue weighted by Gasteiger charge is -2.32. The van der Waals surface area contributed by atoms with Gasteiger partial charge in [0.2, 0.25) is 0 Å². The van der Waals surface area contributed by atoms with Crippen LogP contribution >= 0.6 is 11.6 Å². The van der Waals surface area contributed by atoms with Gasteiger partial charge in [-0.05, 0) is 61.5 Å². The zero-order valence-electron chi connectivity index (χ0n) is 12.3. The van der Waals surface area contributed by atoms with E-state index in [9.17, 15) is 0 Å². The standard InChI is InChI=1S/C19H22ClN/c20-19-8-6-16(7-9-19)10-13-21-14-11-18(12-15-21)17-4-2-1-3-5-17/h1-9,18H,10-15H2. The van der Waals surface area contributed by atoms with Gasteiger partial charge in [0, 0.05) is 11.6 Å². The SMILES string of the molecule is Clc1ccc(CCN2CCC(c3ccccc3)CC2)cc1. The first-order chi connectivity index (χ1) is 10.3. The Morgan fingerprint density at radius 3 is 2.24 bits per heavy atom. The molecule has 0 aliphatic carbocycles. The maximum Gasteiger partial charge on any atom is 0.0406 e. The molecule has 2 aromatic carbocycles. The van der Waals surface area contributed by atoms with Gasteiger partial charge in [0.05, 0.1) is 0 Å². The predicted molar refractivity (Wildman–Crippen MR) is 90.0 cm³/mol. The minimum Gasteiger partial charge on any atom is -0.303 e. The molecule has 0 bridgehead atoms. The van der Waals surface area contributed by atoms with Gasteiger partial charge in [-0.25, -0.2) is 0 Å². The van der Waals surface area contributed by atoms with Crippen molar-refractivity contribution in [1.82, 2.24) is 4.90 Å². The van der Waals surface area contributed by atoms with Crippen molar-refractivity contribution in [2.24, 2.45) is 0 Å². The second kappa shape index (κ2) is 7.11. The van der Waals surface area contributed by atoms with Crippen LogP contribution in [0.25, 0.3) is 0 Å². The summed E-state index contributed by atoms with van der Waals surface area (Å²) in [7, 11) is 0. The van der Waals surface area contributed by atoms with Crippen LogP contribution in [0.3, 0.4) is 0 Å². The fraction of sp³-hybridized carbons (Fsp3) is 0.368. The van der Waals surface area contributed by atoms with E-state index in [2.05, 4.69) is 47.4 Å². The van der Waals surface area contributed by atoms with Crippen LogP contribution in [0.5, 0.6) is 0 Å². The van der Waals surface area contributed by atoms with E-state index in [0.29, 0.717) is 0 Å². The van der Waals surface area contributed by atoms with Crippen molar-refractivity contribution in [3.05, 3.63) is 70.7 Å². The number of hydrogen-bond acceptors (Lipinski definition) is 1. The van der Waals surface area contributed by atoms with Crippen molar-refractivity contribution >= 4 is 11.6 Å². The minimum atomic E-state index is 0.748. The van der Waals surface area contributed by atoms with E-state index in [1.54, 1.807) is 0 Å². The Kier molecular flexibility index (Phi) is 4.95. The number of hydrogen-bond donors (Lipinski definition) is 0. The molecule has 1 fully saturated rings. The molecular weight excluding hydrogens is 278 g/mol. The minimum absolute atomic E-state index is 0.748. The summed E-state index contributed by atoms with van der Waals surface area (Å²) >= 11 is 5.92.